The summed E-state index contributed by atoms with van der Waals surface area (Å²) in [5.41, 5.74) is 1.04. The Morgan fingerprint density at radius 1 is 1.04 bits per heavy atom. The number of hydrogen-bond donors (Lipinski definition) is 3. The number of halogens is 1. The third kappa shape index (κ3) is 5.70. The summed E-state index contributed by atoms with van der Waals surface area (Å²) in [6.45, 7) is 4.77. The molecule has 1 aliphatic rings. The first kappa shape index (κ1) is 22.2. The van der Waals surface area contributed by atoms with Crippen LogP contribution >= 0.6 is 12.4 Å². The standard InChI is InChI=1S/C20H25N3O3S.ClH/c1-20(11-13-21-14-12-20)15-22-19(24)16-7-9-17(10-8-16)23-27(25,26)18-5-3-2-4-6-18;/h2-10,21,23H,11-15H2,1H3,(H,22,24);1H. The summed E-state index contributed by atoms with van der Waals surface area (Å²) in [7, 11) is -3.64. The maximum Gasteiger partial charge on any atom is 0.261 e. The van der Waals surface area contributed by atoms with Gasteiger partial charge in [0.05, 0.1) is 4.90 Å². The van der Waals surface area contributed by atoms with E-state index in [0.29, 0.717) is 17.8 Å². The molecule has 8 heteroatoms. The molecule has 3 rings (SSSR count). The van der Waals surface area contributed by atoms with Crippen LogP contribution in [0.25, 0.3) is 0 Å². The highest BCUT2D eigenvalue weighted by Gasteiger charge is 2.27. The Morgan fingerprint density at radius 2 is 1.64 bits per heavy atom. The number of benzene rings is 2. The maximum atomic E-state index is 12.4. The Kier molecular flexibility index (Phi) is 7.46. The van der Waals surface area contributed by atoms with Gasteiger partial charge in [-0.15, -0.1) is 12.4 Å². The molecule has 28 heavy (non-hydrogen) atoms. The highest BCUT2D eigenvalue weighted by atomic mass is 35.5. The number of hydrogen-bond acceptors (Lipinski definition) is 4. The average molecular weight is 424 g/mol. The van der Waals surface area contributed by atoms with Crippen molar-refractivity contribution in [1.29, 1.82) is 0 Å². The summed E-state index contributed by atoms with van der Waals surface area (Å²) >= 11 is 0. The van der Waals surface area contributed by atoms with Gasteiger partial charge in [-0.2, -0.15) is 0 Å². The lowest BCUT2D eigenvalue weighted by Crippen LogP contribution is -2.42. The van der Waals surface area contributed by atoms with Gasteiger partial charge in [-0.25, -0.2) is 8.42 Å². The summed E-state index contributed by atoms with van der Waals surface area (Å²) in [5, 5.41) is 6.32. The Balaban J connectivity index is 0.00000280. The molecular weight excluding hydrogens is 398 g/mol. The first-order chi connectivity index (χ1) is 12.9. The van der Waals surface area contributed by atoms with Crippen LogP contribution in [0, 0.1) is 5.41 Å². The molecule has 0 unspecified atom stereocenters. The molecule has 0 bridgehead atoms. The molecule has 1 heterocycles. The second-order valence-electron chi connectivity index (χ2n) is 7.24. The minimum absolute atomic E-state index is 0. The molecule has 0 radical (unpaired) electrons. The van der Waals surface area contributed by atoms with Gasteiger partial charge < -0.3 is 10.6 Å². The minimum Gasteiger partial charge on any atom is -0.351 e. The van der Waals surface area contributed by atoms with E-state index in [1.54, 1.807) is 42.5 Å². The van der Waals surface area contributed by atoms with Crippen LogP contribution in [0.5, 0.6) is 0 Å². The Morgan fingerprint density at radius 3 is 2.25 bits per heavy atom. The normalized spacial score (nSPS) is 15.9. The van der Waals surface area contributed by atoms with E-state index >= 15 is 0 Å². The van der Waals surface area contributed by atoms with E-state index in [0.717, 1.165) is 25.9 Å². The van der Waals surface area contributed by atoms with Crippen molar-refractivity contribution < 1.29 is 13.2 Å². The minimum atomic E-state index is -3.64. The summed E-state index contributed by atoms with van der Waals surface area (Å²) in [4.78, 5) is 12.6. The zero-order chi connectivity index (χ0) is 19.3. The number of rotatable bonds is 6. The molecule has 1 fully saturated rings. The van der Waals surface area contributed by atoms with Crippen molar-refractivity contribution >= 4 is 34.0 Å². The molecule has 1 saturated heterocycles. The highest BCUT2D eigenvalue weighted by molar-refractivity contribution is 7.92. The van der Waals surface area contributed by atoms with Gasteiger partial charge in [0.2, 0.25) is 0 Å². The van der Waals surface area contributed by atoms with Crippen LogP contribution in [-0.2, 0) is 10.0 Å². The van der Waals surface area contributed by atoms with Crippen molar-refractivity contribution in [2.45, 2.75) is 24.7 Å². The van der Waals surface area contributed by atoms with E-state index in [2.05, 4.69) is 22.3 Å². The number of nitrogens with one attached hydrogen (secondary N) is 3. The van der Waals surface area contributed by atoms with Crippen LogP contribution in [0.4, 0.5) is 5.69 Å². The van der Waals surface area contributed by atoms with Gasteiger partial charge in [-0.3, -0.25) is 9.52 Å². The van der Waals surface area contributed by atoms with Gasteiger partial charge in [-0.05, 0) is 67.7 Å². The number of piperidine rings is 1. The summed E-state index contributed by atoms with van der Waals surface area (Å²) < 4.78 is 27.2. The monoisotopic (exact) mass is 423 g/mol. The van der Waals surface area contributed by atoms with Gasteiger partial charge in [-0.1, -0.05) is 25.1 Å². The van der Waals surface area contributed by atoms with Crippen LogP contribution in [0.2, 0.25) is 0 Å². The maximum absolute atomic E-state index is 12.4. The fourth-order valence-electron chi connectivity index (χ4n) is 3.11. The van der Waals surface area contributed by atoms with E-state index in [9.17, 15) is 13.2 Å². The molecule has 0 aromatic heterocycles. The molecule has 2 aromatic rings. The van der Waals surface area contributed by atoms with E-state index < -0.39 is 10.0 Å². The van der Waals surface area contributed by atoms with Crippen LogP contribution in [0.1, 0.15) is 30.1 Å². The lowest BCUT2D eigenvalue weighted by molar-refractivity contribution is 0.0922. The average Bonchev–Trinajstić information content (AvgIpc) is 2.68. The quantitative estimate of drug-likeness (QED) is 0.666. The van der Waals surface area contributed by atoms with E-state index in [1.165, 1.54) is 12.1 Å². The first-order valence-corrected chi connectivity index (χ1v) is 10.5. The zero-order valence-electron chi connectivity index (χ0n) is 15.8. The number of carbonyl (C=O) groups is 1. The van der Waals surface area contributed by atoms with Crippen molar-refractivity contribution in [3.63, 3.8) is 0 Å². The lowest BCUT2D eigenvalue weighted by Gasteiger charge is -2.34. The molecule has 3 N–H and O–H groups in total. The van der Waals surface area contributed by atoms with Gasteiger partial charge in [0.15, 0.2) is 0 Å². The number of anilines is 1. The Hall–Kier alpha value is -2.09. The van der Waals surface area contributed by atoms with Gasteiger partial charge >= 0.3 is 0 Å². The predicted octanol–water partition coefficient (Wildman–Crippen LogP) is 3.03. The molecule has 1 amide bonds. The Bertz CT molecular complexity index is 881. The fraction of sp³-hybridized carbons (Fsp3) is 0.350. The largest absolute Gasteiger partial charge is 0.351 e. The van der Waals surface area contributed by atoms with Crippen LogP contribution in [0.3, 0.4) is 0 Å². The third-order valence-electron chi connectivity index (χ3n) is 4.94. The summed E-state index contributed by atoms with van der Waals surface area (Å²) in [5.74, 6) is -0.146. The smallest absolute Gasteiger partial charge is 0.261 e. The van der Waals surface area contributed by atoms with Crippen molar-refractivity contribution in [2.24, 2.45) is 5.41 Å². The molecule has 0 atom stereocenters. The molecule has 0 spiro atoms. The van der Waals surface area contributed by atoms with Gasteiger partial charge in [0.25, 0.3) is 15.9 Å². The molecular formula is C20H26ClN3O3S. The van der Waals surface area contributed by atoms with E-state index in [1.807, 2.05) is 0 Å². The topological polar surface area (TPSA) is 87.3 Å². The van der Waals surface area contributed by atoms with Crippen LogP contribution in [-0.4, -0.2) is 34.0 Å². The summed E-state index contributed by atoms with van der Waals surface area (Å²) in [6.07, 6.45) is 2.07. The number of amides is 1. The highest BCUT2D eigenvalue weighted by Crippen LogP contribution is 2.26. The second-order valence-corrected chi connectivity index (χ2v) is 8.92. The van der Waals surface area contributed by atoms with Crippen molar-refractivity contribution in [3.05, 3.63) is 60.2 Å². The molecule has 0 saturated carbocycles. The van der Waals surface area contributed by atoms with Crippen molar-refractivity contribution in [3.8, 4) is 0 Å². The number of carbonyl (C=O) groups excluding carboxylic acids is 1. The molecule has 1 aliphatic heterocycles. The molecule has 0 aliphatic carbocycles. The van der Waals surface area contributed by atoms with Crippen LogP contribution < -0.4 is 15.4 Å². The Labute approximate surface area is 172 Å². The SMILES string of the molecule is CC1(CNC(=O)c2ccc(NS(=O)(=O)c3ccccc3)cc2)CCNCC1.Cl. The van der Waals surface area contributed by atoms with Crippen LogP contribution in [0.15, 0.2) is 59.5 Å². The van der Waals surface area contributed by atoms with Gasteiger partial charge in [0, 0.05) is 17.8 Å². The van der Waals surface area contributed by atoms with E-state index in [4.69, 9.17) is 0 Å². The van der Waals surface area contributed by atoms with E-state index in [-0.39, 0.29) is 28.6 Å². The number of sulfonamides is 1. The fourth-order valence-corrected chi connectivity index (χ4v) is 4.19. The molecule has 152 valence electrons. The third-order valence-corrected chi connectivity index (χ3v) is 6.34. The van der Waals surface area contributed by atoms with Gasteiger partial charge in [0.1, 0.15) is 0 Å². The predicted molar refractivity (Wildman–Crippen MR) is 113 cm³/mol. The molecule has 2 aromatic carbocycles. The van der Waals surface area contributed by atoms with Crippen molar-refractivity contribution in [2.75, 3.05) is 24.4 Å². The molecule has 6 nitrogen and oxygen atoms in total. The first-order valence-electron chi connectivity index (χ1n) is 9.05. The zero-order valence-corrected chi connectivity index (χ0v) is 17.4. The van der Waals surface area contributed by atoms with Crippen molar-refractivity contribution in [1.82, 2.24) is 10.6 Å². The summed E-state index contributed by atoms with van der Waals surface area (Å²) in [6, 6.07) is 14.6. The second kappa shape index (κ2) is 9.41. The lowest BCUT2D eigenvalue weighted by atomic mass is 9.81.